The zero-order chi connectivity index (χ0) is 12.0. The Morgan fingerprint density at radius 3 is 0.833 bits per heavy atom. The summed E-state index contributed by atoms with van der Waals surface area (Å²) >= 11 is 0. The van der Waals surface area contributed by atoms with Crippen LogP contribution in [0.5, 0.6) is 0 Å². The van der Waals surface area contributed by atoms with Crippen molar-refractivity contribution in [2.24, 2.45) is 0 Å². The second kappa shape index (κ2) is 10.3. The van der Waals surface area contributed by atoms with E-state index in [9.17, 15) is 0 Å². The number of aryl methyl sites for hydroxylation is 4. The molecule has 0 N–H and O–H groups in total. The molecule has 2 rings (SSSR count). The van der Waals surface area contributed by atoms with Gasteiger partial charge in [0.1, 0.15) is 0 Å². The molecule has 0 amide bonds. The number of rotatable bonds is 0. The Kier molecular flexibility index (Phi) is 11.3. The normalized spacial score (nSPS) is 8.22. The van der Waals surface area contributed by atoms with Gasteiger partial charge in [-0.2, -0.15) is 0 Å². The third kappa shape index (κ3) is 8.48. The first-order chi connectivity index (χ1) is 7.58. The minimum Gasteiger partial charge on any atom is -0.114 e. The predicted molar refractivity (Wildman–Crippen MR) is 92.5 cm³/mol. The van der Waals surface area contributed by atoms with Crippen molar-refractivity contribution in [3.8, 4) is 0 Å². The van der Waals surface area contributed by atoms with E-state index < -0.39 is 0 Å². The quantitative estimate of drug-likeness (QED) is 0.550. The fraction of sp³-hybridized carbons (Fsp3) is 0.250. The Bertz CT molecular complexity index is 372. The van der Waals surface area contributed by atoms with Gasteiger partial charge in [0.15, 0.2) is 0 Å². The van der Waals surface area contributed by atoms with Crippen LogP contribution < -0.4 is 0 Å². The Labute approximate surface area is 132 Å². The van der Waals surface area contributed by atoms with Crippen LogP contribution in [0.3, 0.4) is 0 Å². The largest absolute Gasteiger partial charge is 0.114 e. The fourth-order valence-corrected chi connectivity index (χ4v) is 1.61. The highest BCUT2D eigenvalue weighted by molar-refractivity contribution is 8.93. The molecular formula is C16H22Br2. The lowest BCUT2D eigenvalue weighted by atomic mass is 10.2. The van der Waals surface area contributed by atoms with Gasteiger partial charge in [0, 0.05) is 0 Å². The molecule has 0 atom stereocenters. The van der Waals surface area contributed by atoms with E-state index in [0.29, 0.717) is 0 Å². The number of hydrogen-bond acceptors (Lipinski definition) is 0. The minimum atomic E-state index is 0. The lowest BCUT2D eigenvalue weighted by molar-refractivity contribution is 1.39. The average molecular weight is 374 g/mol. The Balaban J connectivity index is 0. The van der Waals surface area contributed by atoms with Crippen molar-refractivity contribution in [1.82, 2.24) is 0 Å². The van der Waals surface area contributed by atoms with E-state index in [1.165, 1.54) is 22.3 Å². The molecule has 0 aromatic heterocycles. The van der Waals surface area contributed by atoms with Gasteiger partial charge in [0.25, 0.3) is 0 Å². The lowest BCUT2D eigenvalue weighted by Gasteiger charge is -1.90. The summed E-state index contributed by atoms with van der Waals surface area (Å²) in [5.74, 6) is 0. The lowest BCUT2D eigenvalue weighted by Crippen LogP contribution is -1.71. The smallest absolute Gasteiger partial charge is 0.0398 e. The van der Waals surface area contributed by atoms with Gasteiger partial charge in [0.05, 0.1) is 0 Å². The van der Waals surface area contributed by atoms with Crippen LogP contribution in [0.2, 0.25) is 0 Å². The van der Waals surface area contributed by atoms with Crippen LogP contribution in [0.1, 0.15) is 22.3 Å². The predicted octanol–water partition coefficient (Wildman–Crippen LogP) is 5.76. The Morgan fingerprint density at radius 1 is 0.500 bits per heavy atom. The first-order valence-electron chi connectivity index (χ1n) is 5.64. The highest BCUT2D eigenvalue weighted by Gasteiger charge is 1.81. The summed E-state index contributed by atoms with van der Waals surface area (Å²) in [4.78, 5) is 0. The molecule has 2 heteroatoms. The summed E-state index contributed by atoms with van der Waals surface area (Å²) in [6, 6.07) is 16.9. The Morgan fingerprint density at radius 2 is 0.722 bits per heavy atom. The van der Waals surface area contributed by atoms with Crippen molar-refractivity contribution in [2.75, 3.05) is 0 Å². The maximum atomic E-state index is 2.17. The summed E-state index contributed by atoms with van der Waals surface area (Å²) < 4.78 is 0. The van der Waals surface area contributed by atoms with Gasteiger partial charge in [0.2, 0.25) is 0 Å². The average Bonchev–Trinajstić information content (AvgIpc) is 2.17. The van der Waals surface area contributed by atoms with E-state index in [2.05, 4.69) is 76.2 Å². The first kappa shape index (κ1) is 19.7. The zero-order valence-electron chi connectivity index (χ0n) is 11.4. The van der Waals surface area contributed by atoms with Gasteiger partial charge in [-0.3, -0.25) is 0 Å². The molecule has 0 spiro atoms. The molecule has 0 saturated carbocycles. The third-order valence-corrected chi connectivity index (χ3v) is 2.35. The molecule has 0 nitrogen and oxygen atoms in total. The van der Waals surface area contributed by atoms with Crippen LogP contribution in [-0.4, -0.2) is 0 Å². The van der Waals surface area contributed by atoms with E-state index in [4.69, 9.17) is 0 Å². The Hall–Kier alpha value is -0.600. The molecule has 0 aliphatic rings. The van der Waals surface area contributed by atoms with Crippen LogP contribution in [-0.2, 0) is 0 Å². The van der Waals surface area contributed by atoms with Crippen molar-refractivity contribution in [3.63, 3.8) is 0 Å². The van der Waals surface area contributed by atoms with Crippen LogP contribution in [0.15, 0.2) is 48.5 Å². The molecule has 18 heavy (non-hydrogen) atoms. The van der Waals surface area contributed by atoms with Crippen LogP contribution in [0.4, 0.5) is 0 Å². The van der Waals surface area contributed by atoms with E-state index >= 15 is 0 Å². The summed E-state index contributed by atoms with van der Waals surface area (Å²) in [6.45, 7) is 8.42. The molecule has 2 aromatic carbocycles. The summed E-state index contributed by atoms with van der Waals surface area (Å²) in [5.41, 5.74) is 5.35. The fourth-order valence-electron chi connectivity index (χ4n) is 1.61. The second-order valence-corrected chi connectivity index (χ2v) is 4.32. The van der Waals surface area contributed by atoms with Crippen molar-refractivity contribution in [2.45, 2.75) is 27.7 Å². The van der Waals surface area contributed by atoms with Gasteiger partial charge in [-0.1, -0.05) is 70.8 Å². The van der Waals surface area contributed by atoms with Crippen LogP contribution in [0.25, 0.3) is 0 Å². The number of halogens is 2. The topological polar surface area (TPSA) is 0 Å². The minimum absolute atomic E-state index is 0. The van der Waals surface area contributed by atoms with E-state index in [1.807, 2.05) is 0 Å². The maximum Gasteiger partial charge on any atom is -0.0398 e. The monoisotopic (exact) mass is 372 g/mol. The summed E-state index contributed by atoms with van der Waals surface area (Å²) in [6.07, 6.45) is 0. The second-order valence-electron chi connectivity index (χ2n) is 4.32. The van der Waals surface area contributed by atoms with E-state index in [-0.39, 0.29) is 34.0 Å². The van der Waals surface area contributed by atoms with Gasteiger partial charge in [-0.05, 0) is 27.7 Å². The van der Waals surface area contributed by atoms with E-state index in [0.717, 1.165) is 0 Å². The van der Waals surface area contributed by atoms with Crippen LogP contribution >= 0.6 is 34.0 Å². The standard InChI is InChI=1S/2C8H10.2BrH/c2*1-7-4-3-5-8(2)6-7;;/h2*3-6H,1-2H3;2*1H. The van der Waals surface area contributed by atoms with Gasteiger partial charge in [-0.15, -0.1) is 34.0 Å². The maximum absolute atomic E-state index is 2.17. The molecule has 0 bridgehead atoms. The highest BCUT2D eigenvalue weighted by atomic mass is 79.9. The third-order valence-electron chi connectivity index (χ3n) is 2.35. The molecule has 0 heterocycles. The van der Waals surface area contributed by atoms with Crippen LogP contribution in [0, 0.1) is 27.7 Å². The van der Waals surface area contributed by atoms with Crippen molar-refractivity contribution in [1.29, 1.82) is 0 Å². The zero-order valence-corrected chi connectivity index (χ0v) is 14.9. The molecule has 0 fully saturated rings. The van der Waals surface area contributed by atoms with Gasteiger partial charge >= 0.3 is 0 Å². The number of hydrogen-bond donors (Lipinski definition) is 0. The molecular weight excluding hydrogens is 352 g/mol. The van der Waals surface area contributed by atoms with Gasteiger partial charge < -0.3 is 0 Å². The van der Waals surface area contributed by atoms with Crippen molar-refractivity contribution < 1.29 is 0 Å². The molecule has 0 saturated heterocycles. The highest BCUT2D eigenvalue weighted by Crippen LogP contribution is 2.00. The first-order valence-corrected chi connectivity index (χ1v) is 5.64. The molecule has 0 radical (unpaired) electrons. The summed E-state index contributed by atoms with van der Waals surface area (Å²) in [7, 11) is 0. The molecule has 0 unspecified atom stereocenters. The van der Waals surface area contributed by atoms with Crippen molar-refractivity contribution in [3.05, 3.63) is 70.8 Å². The van der Waals surface area contributed by atoms with Gasteiger partial charge in [-0.25, -0.2) is 0 Å². The molecule has 2 aromatic rings. The molecule has 0 aliphatic carbocycles. The summed E-state index contributed by atoms with van der Waals surface area (Å²) in [5, 5.41) is 0. The van der Waals surface area contributed by atoms with E-state index in [1.54, 1.807) is 0 Å². The molecule has 100 valence electrons. The SMILES string of the molecule is Br.Br.Cc1cccc(C)c1.Cc1cccc(C)c1. The number of benzene rings is 2. The molecule has 0 aliphatic heterocycles. The van der Waals surface area contributed by atoms with Crippen molar-refractivity contribution >= 4 is 34.0 Å².